The van der Waals surface area contributed by atoms with E-state index in [1.54, 1.807) is 6.92 Å². The molecular weight excluding hydrogens is 220 g/mol. The van der Waals surface area contributed by atoms with Crippen LogP contribution in [0.1, 0.15) is 13.3 Å². The zero-order valence-electron chi connectivity index (χ0n) is 8.00. The Labute approximate surface area is 81.4 Å². The highest BCUT2D eigenvalue weighted by molar-refractivity contribution is 7.39. The molecule has 3 nitrogen and oxygen atoms in total. The second-order valence-corrected chi connectivity index (χ2v) is 3.90. The molecule has 0 aromatic carbocycles. The van der Waals surface area contributed by atoms with E-state index in [9.17, 15) is 17.7 Å². The average Bonchev–Trinajstić information content (AvgIpc) is 2.03. The molecular formula is C7H13F3O3P+. The van der Waals surface area contributed by atoms with Crippen LogP contribution in [0.3, 0.4) is 0 Å². The molecule has 14 heavy (non-hydrogen) atoms. The summed E-state index contributed by atoms with van der Waals surface area (Å²) in [5, 5.41) is 0. The van der Waals surface area contributed by atoms with E-state index in [0.29, 0.717) is 0 Å². The van der Waals surface area contributed by atoms with Crippen molar-refractivity contribution in [2.45, 2.75) is 25.6 Å². The van der Waals surface area contributed by atoms with Gasteiger partial charge in [0, 0.05) is 13.5 Å². The molecule has 0 fully saturated rings. The minimum absolute atomic E-state index is 0.138. The monoisotopic (exact) mass is 233 g/mol. The highest BCUT2D eigenvalue weighted by Gasteiger charge is 2.41. The molecule has 0 rings (SSSR count). The molecule has 0 heterocycles. The largest absolute Gasteiger partial charge is 0.508 e. The maximum atomic E-state index is 12.1. The molecule has 0 radical (unpaired) electrons. The fourth-order valence-corrected chi connectivity index (χ4v) is 1.71. The molecule has 0 aliphatic heterocycles. The smallest absolute Gasteiger partial charge is 0.372 e. The lowest BCUT2D eigenvalue weighted by Gasteiger charge is -2.15. The van der Waals surface area contributed by atoms with Gasteiger partial charge in [0.2, 0.25) is 0 Å². The van der Waals surface area contributed by atoms with Crippen molar-refractivity contribution in [3.8, 4) is 0 Å². The van der Waals surface area contributed by atoms with Crippen LogP contribution in [0.15, 0.2) is 0 Å². The van der Waals surface area contributed by atoms with Crippen LogP contribution in [-0.2, 0) is 13.8 Å². The molecule has 0 saturated heterocycles. The van der Waals surface area contributed by atoms with Gasteiger partial charge in [-0.1, -0.05) is 0 Å². The van der Waals surface area contributed by atoms with Crippen LogP contribution in [0.4, 0.5) is 13.2 Å². The molecule has 0 bridgehead atoms. The molecule has 2 atom stereocenters. The standard InChI is InChI=1S/C7H13F3O3P/c1-3-13-14(11)5-4-6(12-2)7(8,9)10/h6H,3-5H2,1-2H3/q+1. The van der Waals surface area contributed by atoms with Crippen LogP contribution in [0.25, 0.3) is 0 Å². The van der Waals surface area contributed by atoms with Crippen LogP contribution in [0.5, 0.6) is 0 Å². The second-order valence-electron chi connectivity index (χ2n) is 2.53. The molecule has 0 N–H and O–H groups in total. The van der Waals surface area contributed by atoms with Crippen LogP contribution in [0, 0.1) is 0 Å². The lowest BCUT2D eigenvalue weighted by atomic mass is 10.3. The zero-order chi connectivity index (χ0) is 11.2. The Kier molecular flexibility index (Phi) is 6.24. The van der Waals surface area contributed by atoms with Crippen molar-refractivity contribution in [2.75, 3.05) is 19.9 Å². The highest BCUT2D eigenvalue weighted by atomic mass is 31.1. The lowest BCUT2D eigenvalue weighted by Crippen LogP contribution is -2.31. The first-order chi connectivity index (χ1) is 6.41. The maximum Gasteiger partial charge on any atom is 0.508 e. The van der Waals surface area contributed by atoms with Crippen molar-refractivity contribution < 1.29 is 27.0 Å². The van der Waals surface area contributed by atoms with Crippen LogP contribution in [0.2, 0.25) is 0 Å². The first-order valence-corrected chi connectivity index (χ1v) is 5.45. The first kappa shape index (κ1) is 13.8. The molecule has 0 aliphatic rings. The molecule has 2 unspecified atom stereocenters. The van der Waals surface area contributed by atoms with Crippen molar-refractivity contribution in [3.63, 3.8) is 0 Å². The summed E-state index contributed by atoms with van der Waals surface area (Å²) in [6, 6.07) is 0. The van der Waals surface area contributed by atoms with E-state index < -0.39 is 20.3 Å². The van der Waals surface area contributed by atoms with Crippen LogP contribution < -0.4 is 0 Å². The number of rotatable bonds is 6. The number of ether oxygens (including phenoxy) is 1. The van der Waals surface area contributed by atoms with Crippen LogP contribution >= 0.6 is 8.03 Å². The Morgan fingerprint density at radius 2 is 2.00 bits per heavy atom. The van der Waals surface area contributed by atoms with Gasteiger partial charge in [0.25, 0.3) is 0 Å². The van der Waals surface area contributed by atoms with Gasteiger partial charge in [-0.2, -0.15) is 13.2 Å². The topological polar surface area (TPSA) is 35.5 Å². The van der Waals surface area contributed by atoms with Gasteiger partial charge < -0.3 is 4.74 Å². The predicted molar refractivity (Wildman–Crippen MR) is 45.6 cm³/mol. The summed E-state index contributed by atoms with van der Waals surface area (Å²) in [6.45, 7) is 1.86. The third-order valence-electron chi connectivity index (χ3n) is 1.50. The zero-order valence-corrected chi connectivity index (χ0v) is 8.90. The fraction of sp³-hybridized carbons (Fsp3) is 1.00. The van der Waals surface area contributed by atoms with Gasteiger partial charge >= 0.3 is 14.2 Å². The third kappa shape index (κ3) is 5.52. The summed E-state index contributed by atoms with van der Waals surface area (Å²) in [5.74, 6) is 0. The van der Waals surface area contributed by atoms with Crippen LogP contribution in [-0.4, -0.2) is 32.2 Å². The number of alkyl halides is 3. The molecule has 84 valence electrons. The SMILES string of the molecule is CCO[P+](=O)CCC(OC)C(F)(F)F. The van der Waals surface area contributed by atoms with Gasteiger partial charge in [0.05, 0.1) is 6.61 Å². The van der Waals surface area contributed by atoms with Gasteiger partial charge in [-0.05, 0) is 11.5 Å². The van der Waals surface area contributed by atoms with E-state index in [-0.39, 0.29) is 19.2 Å². The summed E-state index contributed by atoms with van der Waals surface area (Å²) in [5.41, 5.74) is 0. The van der Waals surface area contributed by atoms with E-state index in [0.717, 1.165) is 7.11 Å². The maximum absolute atomic E-state index is 12.1. The molecule has 0 saturated carbocycles. The molecule has 0 spiro atoms. The van der Waals surface area contributed by atoms with Gasteiger partial charge in [0.15, 0.2) is 12.3 Å². The van der Waals surface area contributed by atoms with Gasteiger partial charge in [-0.25, -0.2) is 0 Å². The molecule has 7 heteroatoms. The summed E-state index contributed by atoms with van der Waals surface area (Å²) < 4.78 is 56.1. The Morgan fingerprint density at radius 3 is 2.36 bits per heavy atom. The Morgan fingerprint density at radius 1 is 1.43 bits per heavy atom. The second kappa shape index (κ2) is 6.32. The molecule has 0 amide bonds. The van der Waals surface area contributed by atoms with E-state index in [4.69, 9.17) is 0 Å². The Balaban J connectivity index is 3.91. The summed E-state index contributed by atoms with van der Waals surface area (Å²) in [7, 11) is -1.02. The number of methoxy groups -OCH3 is 1. The van der Waals surface area contributed by atoms with Crippen molar-refractivity contribution in [2.24, 2.45) is 0 Å². The van der Waals surface area contributed by atoms with Crippen molar-refractivity contribution in [3.05, 3.63) is 0 Å². The average molecular weight is 233 g/mol. The van der Waals surface area contributed by atoms with E-state index in [2.05, 4.69) is 9.26 Å². The highest BCUT2D eigenvalue weighted by Crippen LogP contribution is 2.30. The summed E-state index contributed by atoms with van der Waals surface area (Å²) in [4.78, 5) is 0. The van der Waals surface area contributed by atoms with E-state index in [1.807, 2.05) is 0 Å². The Bertz CT molecular complexity index is 184. The van der Waals surface area contributed by atoms with Crippen molar-refractivity contribution in [1.82, 2.24) is 0 Å². The van der Waals surface area contributed by atoms with E-state index in [1.165, 1.54) is 0 Å². The number of hydrogen-bond donors (Lipinski definition) is 0. The molecule has 0 aliphatic carbocycles. The van der Waals surface area contributed by atoms with Gasteiger partial charge in [0.1, 0.15) is 0 Å². The minimum Gasteiger partial charge on any atom is -0.372 e. The molecule has 0 aromatic rings. The minimum atomic E-state index is -4.41. The normalized spacial score (nSPS) is 15.4. The van der Waals surface area contributed by atoms with Gasteiger partial charge in [-0.15, -0.1) is 4.52 Å². The fourth-order valence-electron chi connectivity index (χ4n) is 0.846. The van der Waals surface area contributed by atoms with E-state index >= 15 is 0 Å². The summed E-state index contributed by atoms with van der Waals surface area (Å²) >= 11 is 0. The number of hydrogen-bond acceptors (Lipinski definition) is 3. The molecule has 0 aromatic heterocycles. The van der Waals surface area contributed by atoms with Gasteiger partial charge in [-0.3, -0.25) is 0 Å². The quantitative estimate of drug-likeness (QED) is 0.661. The Hall–Kier alpha value is -0.190. The third-order valence-corrected chi connectivity index (χ3v) is 2.67. The lowest BCUT2D eigenvalue weighted by molar-refractivity contribution is -0.212. The number of halogens is 3. The summed E-state index contributed by atoms with van der Waals surface area (Å²) in [6.07, 6.45) is -6.74. The van der Waals surface area contributed by atoms with Crippen molar-refractivity contribution >= 4 is 8.03 Å². The predicted octanol–water partition coefficient (Wildman–Crippen LogP) is 2.73. The first-order valence-electron chi connectivity index (χ1n) is 4.08. The van der Waals surface area contributed by atoms with Crippen molar-refractivity contribution in [1.29, 1.82) is 0 Å².